The Morgan fingerprint density at radius 1 is 1.06 bits per heavy atom. The van der Waals surface area contributed by atoms with Gasteiger partial charge < -0.3 is 15.4 Å². The summed E-state index contributed by atoms with van der Waals surface area (Å²) >= 11 is 0. The van der Waals surface area contributed by atoms with Gasteiger partial charge in [-0.15, -0.1) is 0 Å². The highest BCUT2D eigenvalue weighted by molar-refractivity contribution is 5.96. The third-order valence-electron chi connectivity index (χ3n) is 6.95. The summed E-state index contributed by atoms with van der Waals surface area (Å²) in [6.07, 6.45) is 5.26. The van der Waals surface area contributed by atoms with E-state index in [9.17, 15) is 9.90 Å². The zero-order valence-corrected chi connectivity index (χ0v) is 19.3. The third-order valence-corrected chi connectivity index (χ3v) is 6.95. The second-order valence-corrected chi connectivity index (χ2v) is 9.13. The quantitative estimate of drug-likeness (QED) is 0.263. The Labute approximate surface area is 195 Å². The van der Waals surface area contributed by atoms with Crippen LogP contribution in [0.25, 0.3) is 22.0 Å². The normalized spacial score (nSPS) is 18.7. The van der Waals surface area contributed by atoms with Gasteiger partial charge in [-0.1, -0.05) is 42.8 Å². The van der Waals surface area contributed by atoms with Crippen molar-refractivity contribution in [2.75, 3.05) is 13.2 Å². The maximum atomic E-state index is 13.5. The number of aryl methyl sites for hydroxylation is 1. The number of hydrogen-bond donors (Lipinski definition) is 3. The minimum Gasteiger partial charge on any atom is -0.395 e. The van der Waals surface area contributed by atoms with Gasteiger partial charge in [-0.05, 0) is 68.3 Å². The molecule has 3 aromatic rings. The molecule has 0 aliphatic carbocycles. The summed E-state index contributed by atoms with van der Waals surface area (Å²) < 4.78 is 1.89. The van der Waals surface area contributed by atoms with E-state index in [4.69, 9.17) is 11.1 Å². The molecule has 0 bridgehead atoms. The number of fused-ring (bicyclic) bond motifs is 1. The van der Waals surface area contributed by atoms with Crippen LogP contribution in [0.5, 0.6) is 0 Å². The number of nitrogens with two attached hydrogens (primary N) is 1. The molecule has 2 aromatic carbocycles. The molecule has 1 aliphatic rings. The molecule has 0 saturated carbocycles. The van der Waals surface area contributed by atoms with Crippen LogP contribution < -0.4 is 11.3 Å². The number of benzene rings is 2. The van der Waals surface area contributed by atoms with Gasteiger partial charge in [0.2, 0.25) is 0 Å². The number of aliphatic hydroxyl groups is 1. The first kappa shape index (κ1) is 23.2. The second kappa shape index (κ2) is 10.3. The molecule has 2 unspecified atom stereocenters. The number of aliphatic hydroxyl groups excluding tert-OH is 1. The van der Waals surface area contributed by atoms with Gasteiger partial charge in [0, 0.05) is 29.8 Å². The fraction of sp³-hybridized carbons (Fsp3) is 0.407. The number of unbranched alkanes of at least 4 members (excludes halogenated alkanes) is 2. The van der Waals surface area contributed by atoms with Crippen LogP contribution in [0.15, 0.2) is 59.4 Å². The van der Waals surface area contributed by atoms with Crippen LogP contribution >= 0.6 is 0 Å². The fourth-order valence-electron chi connectivity index (χ4n) is 5.08. The van der Waals surface area contributed by atoms with Gasteiger partial charge in [-0.25, -0.2) is 0 Å². The number of rotatable bonds is 9. The van der Waals surface area contributed by atoms with Crippen molar-refractivity contribution in [2.45, 2.75) is 57.7 Å². The summed E-state index contributed by atoms with van der Waals surface area (Å²) in [5.41, 5.74) is 8.63. The average molecular weight is 447 g/mol. The third kappa shape index (κ3) is 5.02. The van der Waals surface area contributed by atoms with Crippen molar-refractivity contribution in [2.24, 2.45) is 5.73 Å². The predicted molar refractivity (Wildman–Crippen MR) is 135 cm³/mol. The highest BCUT2D eigenvalue weighted by Crippen LogP contribution is 2.25. The number of pyridine rings is 1. The number of aromatic nitrogens is 1. The monoisotopic (exact) mass is 446 g/mol. The predicted octanol–water partition coefficient (Wildman–Crippen LogP) is 3.97. The molecule has 0 radical (unpaired) electrons. The van der Waals surface area contributed by atoms with Crippen molar-refractivity contribution in [3.63, 3.8) is 0 Å². The van der Waals surface area contributed by atoms with Crippen LogP contribution in [0.1, 0.15) is 44.6 Å². The van der Waals surface area contributed by atoms with E-state index < -0.39 is 0 Å². The van der Waals surface area contributed by atoms with Crippen LogP contribution in [0.2, 0.25) is 0 Å². The topological polar surface area (TPSA) is 95.3 Å². The number of hydrogen-bond acceptors (Lipinski definition) is 4. The molecule has 4 N–H and O–H groups in total. The second-order valence-electron chi connectivity index (χ2n) is 9.13. The molecule has 2 atom stereocenters. The highest BCUT2D eigenvalue weighted by atomic mass is 16.3. The lowest BCUT2D eigenvalue weighted by atomic mass is 10.0. The zero-order valence-electron chi connectivity index (χ0n) is 19.3. The van der Waals surface area contributed by atoms with Crippen LogP contribution in [0.3, 0.4) is 0 Å². The lowest BCUT2D eigenvalue weighted by Crippen LogP contribution is -2.37. The molecule has 1 aromatic heterocycles. The van der Waals surface area contributed by atoms with Crippen LogP contribution in [0, 0.1) is 5.41 Å². The standard InChI is InChI=1S/C27H34N4O2/c1-19-12-13-23(18-32)30(19)14-5-2-6-15-31-25-11-4-3-8-21(25)17-24(27(31)33)20-9-7-10-22(16-20)26(28)29/h3-4,7-11,16-17,19,23,32H,2,5-6,12-15,18H2,1H3,(H3,28,29). The molecule has 4 rings (SSSR count). The van der Waals surface area contributed by atoms with E-state index in [2.05, 4.69) is 11.8 Å². The lowest BCUT2D eigenvalue weighted by molar-refractivity contribution is 0.132. The van der Waals surface area contributed by atoms with Crippen molar-refractivity contribution in [3.05, 3.63) is 70.5 Å². The SMILES string of the molecule is CC1CCC(CO)N1CCCCCn1c(=O)c(-c2cccc(C(=N)N)c2)cc2ccccc21. The van der Waals surface area contributed by atoms with Gasteiger partial charge in [-0.3, -0.25) is 15.1 Å². The lowest BCUT2D eigenvalue weighted by Gasteiger charge is -2.27. The van der Waals surface area contributed by atoms with Gasteiger partial charge >= 0.3 is 0 Å². The molecule has 33 heavy (non-hydrogen) atoms. The molecule has 1 fully saturated rings. The van der Waals surface area contributed by atoms with E-state index in [1.165, 1.54) is 0 Å². The van der Waals surface area contributed by atoms with E-state index in [1.807, 2.05) is 53.1 Å². The summed E-state index contributed by atoms with van der Waals surface area (Å²) in [4.78, 5) is 15.9. The van der Waals surface area contributed by atoms with Gasteiger partial charge in [0.25, 0.3) is 5.56 Å². The summed E-state index contributed by atoms with van der Waals surface area (Å²) in [7, 11) is 0. The van der Waals surface area contributed by atoms with Gasteiger partial charge in [0.05, 0.1) is 12.1 Å². The molecule has 1 aliphatic heterocycles. The van der Waals surface area contributed by atoms with Crippen LogP contribution in [-0.2, 0) is 6.54 Å². The Balaban J connectivity index is 1.52. The zero-order chi connectivity index (χ0) is 23.4. The summed E-state index contributed by atoms with van der Waals surface area (Å²) in [6, 6.07) is 18.1. The Kier molecular flexibility index (Phi) is 7.26. The molecule has 0 amide bonds. The van der Waals surface area contributed by atoms with E-state index >= 15 is 0 Å². The first-order valence-corrected chi connectivity index (χ1v) is 11.9. The van der Waals surface area contributed by atoms with E-state index in [0.29, 0.717) is 29.8 Å². The number of likely N-dealkylation sites (tertiary alicyclic amines) is 1. The smallest absolute Gasteiger partial charge is 0.258 e. The number of nitrogens with one attached hydrogen (secondary N) is 1. The molecular formula is C27H34N4O2. The van der Waals surface area contributed by atoms with E-state index in [0.717, 1.165) is 55.1 Å². The van der Waals surface area contributed by atoms with Gasteiger partial charge in [0.1, 0.15) is 5.84 Å². The molecule has 174 valence electrons. The van der Waals surface area contributed by atoms with Crippen molar-refractivity contribution in [1.29, 1.82) is 5.41 Å². The molecule has 6 nitrogen and oxygen atoms in total. The van der Waals surface area contributed by atoms with Crippen molar-refractivity contribution in [3.8, 4) is 11.1 Å². The van der Waals surface area contributed by atoms with Crippen molar-refractivity contribution in [1.82, 2.24) is 9.47 Å². The van der Waals surface area contributed by atoms with E-state index in [-0.39, 0.29) is 18.0 Å². The number of nitrogen functional groups attached to an aromatic ring is 1. The Morgan fingerprint density at radius 3 is 2.64 bits per heavy atom. The minimum atomic E-state index is -0.0112. The van der Waals surface area contributed by atoms with Gasteiger partial charge in [-0.2, -0.15) is 0 Å². The Hall–Kier alpha value is -2.96. The van der Waals surface area contributed by atoms with Gasteiger partial charge in [0.15, 0.2) is 0 Å². The van der Waals surface area contributed by atoms with Crippen LogP contribution in [-0.4, -0.2) is 45.6 Å². The average Bonchev–Trinajstić information content (AvgIpc) is 3.19. The molecule has 0 spiro atoms. The number of para-hydroxylation sites is 1. The summed E-state index contributed by atoms with van der Waals surface area (Å²) in [6.45, 7) is 4.15. The molecular weight excluding hydrogens is 412 g/mol. The van der Waals surface area contributed by atoms with Crippen LogP contribution in [0.4, 0.5) is 0 Å². The highest BCUT2D eigenvalue weighted by Gasteiger charge is 2.29. The molecule has 2 heterocycles. The maximum absolute atomic E-state index is 13.5. The van der Waals surface area contributed by atoms with E-state index in [1.54, 1.807) is 6.07 Å². The molecule has 6 heteroatoms. The number of amidine groups is 1. The summed E-state index contributed by atoms with van der Waals surface area (Å²) in [5.74, 6) is -0.00581. The summed E-state index contributed by atoms with van der Waals surface area (Å²) in [5, 5.41) is 18.4. The number of nitrogens with zero attached hydrogens (tertiary/aromatic N) is 2. The fourth-order valence-corrected chi connectivity index (χ4v) is 5.08. The maximum Gasteiger partial charge on any atom is 0.258 e. The Bertz CT molecular complexity index is 1190. The molecule has 1 saturated heterocycles. The van der Waals surface area contributed by atoms with Crippen molar-refractivity contribution >= 4 is 16.7 Å². The minimum absolute atomic E-state index is 0.00581. The van der Waals surface area contributed by atoms with Crippen molar-refractivity contribution < 1.29 is 5.11 Å². The first-order chi connectivity index (χ1) is 16.0. The Morgan fingerprint density at radius 2 is 1.85 bits per heavy atom. The largest absolute Gasteiger partial charge is 0.395 e. The first-order valence-electron chi connectivity index (χ1n) is 11.9.